The van der Waals surface area contributed by atoms with Gasteiger partial charge in [0.1, 0.15) is 15.6 Å². The molecule has 1 heterocycles. The van der Waals surface area contributed by atoms with Crippen LogP contribution in [0.1, 0.15) is 22.8 Å². The van der Waals surface area contributed by atoms with Crippen molar-refractivity contribution in [2.75, 3.05) is 11.1 Å². The first-order valence-electron chi connectivity index (χ1n) is 6.62. The number of aromatic nitrogens is 1. The smallest absolute Gasteiger partial charge is 0.320 e. The number of primary amides is 1. The Kier molecular flexibility index (Phi) is 5.79. The molecule has 0 aliphatic rings. The number of hydrogen-bond donors (Lipinski definition) is 3. The SMILES string of the molecule is CCSc1nsc(NC(=O)NCc2ccccc2)c1C(N)=O. The van der Waals surface area contributed by atoms with Crippen LogP contribution in [0.4, 0.5) is 9.80 Å². The molecule has 2 aromatic rings. The van der Waals surface area contributed by atoms with Crippen molar-refractivity contribution in [2.24, 2.45) is 5.73 Å². The molecule has 2 rings (SSSR count). The second-order valence-corrected chi connectivity index (χ2v) is 6.31. The summed E-state index contributed by atoms with van der Waals surface area (Å²) in [6.07, 6.45) is 0. The monoisotopic (exact) mass is 336 g/mol. The van der Waals surface area contributed by atoms with Crippen LogP contribution in [0.15, 0.2) is 35.4 Å². The molecule has 0 aliphatic heterocycles. The largest absolute Gasteiger partial charge is 0.365 e. The van der Waals surface area contributed by atoms with Gasteiger partial charge in [-0.05, 0) is 22.8 Å². The summed E-state index contributed by atoms with van der Waals surface area (Å²) in [5.41, 5.74) is 6.63. The van der Waals surface area contributed by atoms with Gasteiger partial charge in [-0.25, -0.2) is 4.79 Å². The molecular weight excluding hydrogens is 320 g/mol. The highest BCUT2D eigenvalue weighted by Crippen LogP contribution is 2.31. The molecule has 3 amide bonds. The minimum absolute atomic E-state index is 0.270. The van der Waals surface area contributed by atoms with Crippen molar-refractivity contribution in [2.45, 2.75) is 18.5 Å². The minimum Gasteiger partial charge on any atom is -0.365 e. The summed E-state index contributed by atoms with van der Waals surface area (Å²) < 4.78 is 4.16. The predicted octanol–water partition coefficient (Wildman–Crippen LogP) is 2.68. The van der Waals surface area contributed by atoms with E-state index in [4.69, 9.17) is 5.73 Å². The molecule has 0 saturated heterocycles. The number of nitrogens with zero attached hydrogens (tertiary/aromatic N) is 1. The molecule has 0 bridgehead atoms. The number of carbonyl (C=O) groups is 2. The van der Waals surface area contributed by atoms with E-state index in [1.807, 2.05) is 37.3 Å². The Hall–Kier alpha value is -2.06. The number of rotatable bonds is 6. The molecule has 0 unspecified atom stereocenters. The van der Waals surface area contributed by atoms with Crippen LogP contribution in [0.5, 0.6) is 0 Å². The number of anilines is 1. The van der Waals surface area contributed by atoms with Gasteiger partial charge in [-0.1, -0.05) is 37.3 Å². The molecule has 0 atom stereocenters. The van der Waals surface area contributed by atoms with E-state index in [0.29, 0.717) is 16.6 Å². The molecule has 0 fully saturated rings. The van der Waals surface area contributed by atoms with Crippen LogP contribution in [0.25, 0.3) is 0 Å². The van der Waals surface area contributed by atoms with Crippen LogP contribution in [0.2, 0.25) is 0 Å². The van der Waals surface area contributed by atoms with E-state index in [2.05, 4.69) is 15.0 Å². The van der Waals surface area contributed by atoms with E-state index >= 15 is 0 Å². The summed E-state index contributed by atoms with van der Waals surface area (Å²) in [6.45, 7) is 2.35. The van der Waals surface area contributed by atoms with E-state index in [1.54, 1.807) is 0 Å². The van der Waals surface area contributed by atoms with Gasteiger partial charge in [0.2, 0.25) is 0 Å². The molecule has 0 saturated carbocycles. The molecule has 6 nitrogen and oxygen atoms in total. The summed E-state index contributed by atoms with van der Waals surface area (Å²) in [5, 5.41) is 6.28. The molecule has 4 N–H and O–H groups in total. The molecular formula is C14H16N4O2S2. The number of amides is 3. The highest BCUT2D eigenvalue weighted by atomic mass is 32.2. The molecule has 22 heavy (non-hydrogen) atoms. The number of hydrogen-bond acceptors (Lipinski definition) is 5. The van der Waals surface area contributed by atoms with E-state index < -0.39 is 11.9 Å². The quantitative estimate of drug-likeness (QED) is 0.707. The van der Waals surface area contributed by atoms with Crippen molar-refractivity contribution in [1.82, 2.24) is 9.69 Å². The van der Waals surface area contributed by atoms with Gasteiger partial charge in [0.05, 0.1) is 0 Å². The standard InChI is InChI=1S/C14H16N4O2S2/c1-2-21-13-10(11(15)19)12(22-18-13)17-14(20)16-8-9-6-4-3-5-7-9/h3-7H,2,8H2,1H3,(H2,15,19)(H2,16,17,20). The lowest BCUT2D eigenvalue weighted by Gasteiger charge is -2.07. The van der Waals surface area contributed by atoms with Gasteiger partial charge in [0.15, 0.2) is 0 Å². The average Bonchev–Trinajstić information content (AvgIpc) is 2.89. The van der Waals surface area contributed by atoms with Crippen molar-refractivity contribution in [1.29, 1.82) is 0 Å². The second kappa shape index (κ2) is 7.81. The van der Waals surface area contributed by atoms with E-state index in [1.165, 1.54) is 11.8 Å². The summed E-state index contributed by atoms with van der Waals surface area (Å²) >= 11 is 2.47. The van der Waals surface area contributed by atoms with Crippen LogP contribution >= 0.6 is 23.3 Å². The van der Waals surface area contributed by atoms with Crippen LogP contribution in [0, 0.1) is 0 Å². The fourth-order valence-electron chi connectivity index (χ4n) is 1.74. The number of carbonyl (C=O) groups excluding carboxylic acids is 2. The maximum Gasteiger partial charge on any atom is 0.320 e. The zero-order valence-corrected chi connectivity index (χ0v) is 13.6. The molecule has 116 valence electrons. The third-order valence-electron chi connectivity index (χ3n) is 2.71. The topological polar surface area (TPSA) is 97.1 Å². The second-order valence-electron chi connectivity index (χ2n) is 4.28. The third-order valence-corrected chi connectivity index (χ3v) is 4.45. The molecule has 1 aromatic heterocycles. The van der Waals surface area contributed by atoms with Crippen LogP contribution in [-0.4, -0.2) is 22.1 Å². The third kappa shape index (κ3) is 4.22. The maximum atomic E-state index is 11.9. The lowest BCUT2D eigenvalue weighted by Crippen LogP contribution is -2.28. The van der Waals surface area contributed by atoms with Crippen LogP contribution < -0.4 is 16.4 Å². The van der Waals surface area contributed by atoms with Gasteiger partial charge in [-0.3, -0.25) is 10.1 Å². The number of nitrogens with one attached hydrogen (secondary N) is 2. The fourth-order valence-corrected chi connectivity index (χ4v) is 3.44. The zero-order valence-electron chi connectivity index (χ0n) is 12.0. The summed E-state index contributed by atoms with van der Waals surface area (Å²) in [5.74, 6) is 0.173. The number of thioether (sulfide) groups is 1. The first kappa shape index (κ1) is 16.3. The average molecular weight is 336 g/mol. The van der Waals surface area contributed by atoms with Gasteiger partial charge in [-0.2, -0.15) is 4.37 Å². The number of benzene rings is 1. The molecule has 1 aromatic carbocycles. The van der Waals surface area contributed by atoms with Gasteiger partial charge in [-0.15, -0.1) is 11.8 Å². The number of urea groups is 1. The van der Waals surface area contributed by atoms with Crippen LogP contribution in [-0.2, 0) is 6.54 Å². The fraction of sp³-hybridized carbons (Fsp3) is 0.214. The van der Waals surface area contributed by atoms with Crippen molar-refractivity contribution >= 4 is 40.2 Å². The first-order valence-corrected chi connectivity index (χ1v) is 8.38. The van der Waals surface area contributed by atoms with E-state index in [9.17, 15) is 9.59 Å². The Morgan fingerprint density at radius 3 is 2.68 bits per heavy atom. The summed E-state index contributed by atoms with van der Waals surface area (Å²) in [4.78, 5) is 23.5. The Balaban J connectivity index is 2.01. The summed E-state index contributed by atoms with van der Waals surface area (Å²) in [6, 6.07) is 9.14. The Morgan fingerprint density at radius 1 is 1.32 bits per heavy atom. The van der Waals surface area contributed by atoms with Gasteiger partial charge in [0.25, 0.3) is 5.91 Å². The molecule has 0 radical (unpaired) electrons. The van der Waals surface area contributed by atoms with E-state index in [0.717, 1.165) is 22.8 Å². The lowest BCUT2D eigenvalue weighted by atomic mass is 10.2. The number of nitrogens with two attached hydrogens (primary N) is 1. The minimum atomic E-state index is -0.594. The molecule has 0 spiro atoms. The highest BCUT2D eigenvalue weighted by Gasteiger charge is 2.20. The van der Waals surface area contributed by atoms with Gasteiger partial charge in [0, 0.05) is 6.54 Å². The highest BCUT2D eigenvalue weighted by molar-refractivity contribution is 7.99. The predicted molar refractivity (Wildman–Crippen MR) is 89.3 cm³/mol. The van der Waals surface area contributed by atoms with Crippen molar-refractivity contribution < 1.29 is 9.59 Å². The van der Waals surface area contributed by atoms with Crippen LogP contribution in [0.3, 0.4) is 0 Å². The van der Waals surface area contributed by atoms with Gasteiger partial charge < -0.3 is 11.1 Å². The van der Waals surface area contributed by atoms with Crippen molar-refractivity contribution in [3.63, 3.8) is 0 Å². The normalized spacial score (nSPS) is 10.2. The Labute approximate surface area is 136 Å². The van der Waals surface area contributed by atoms with Crippen molar-refractivity contribution in [3.8, 4) is 0 Å². The Bertz CT molecular complexity index is 658. The zero-order chi connectivity index (χ0) is 15.9. The first-order chi connectivity index (χ1) is 10.6. The summed E-state index contributed by atoms with van der Waals surface area (Å²) in [7, 11) is 0. The Morgan fingerprint density at radius 2 is 2.05 bits per heavy atom. The van der Waals surface area contributed by atoms with Gasteiger partial charge >= 0.3 is 6.03 Å². The van der Waals surface area contributed by atoms with E-state index in [-0.39, 0.29) is 5.56 Å². The maximum absolute atomic E-state index is 11.9. The molecule has 0 aliphatic carbocycles. The lowest BCUT2D eigenvalue weighted by molar-refractivity contribution is 0.0998. The molecule has 8 heteroatoms. The van der Waals surface area contributed by atoms with Crippen molar-refractivity contribution in [3.05, 3.63) is 41.5 Å².